The highest BCUT2D eigenvalue weighted by molar-refractivity contribution is 5.07. The third kappa shape index (κ3) is 4.35. The minimum atomic E-state index is -0.702. The normalized spacial score (nSPS) is 15.1. The van der Waals surface area contributed by atoms with Gasteiger partial charge in [-0.15, -0.1) is 0 Å². The van der Waals surface area contributed by atoms with Crippen LogP contribution in [0, 0.1) is 0 Å². The van der Waals surface area contributed by atoms with Crippen LogP contribution in [0.15, 0.2) is 23.8 Å². The summed E-state index contributed by atoms with van der Waals surface area (Å²) in [6, 6.07) is 0. The average Bonchev–Trinajstić information content (AvgIpc) is 1.85. The van der Waals surface area contributed by atoms with Crippen molar-refractivity contribution in [2.75, 3.05) is 0 Å². The molecule has 0 aromatic heterocycles. The fourth-order valence-electron chi connectivity index (χ4n) is 0.855. The summed E-state index contributed by atoms with van der Waals surface area (Å²) in [6.07, 6.45) is 3.81. The molecule has 1 N–H and O–H groups in total. The van der Waals surface area contributed by atoms with E-state index >= 15 is 0 Å². The number of allylic oxidation sites excluding steroid dienone is 2. The van der Waals surface area contributed by atoms with Crippen LogP contribution in [-0.2, 0) is 0 Å². The Kier molecular flexibility index (Phi) is 4.25. The maximum atomic E-state index is 9.78. The Balaban J connectivity index is 3.93. The lowest BCUT2D eigenvalue weighted by molar-refractivity contribution is 0.0906. The quantitative estimate of drug-likeness (QED) is 0.640. The first-order chi connectivity index (χ1) is 5.36. The highest BCUT2D eigenvalue weighted by Gasteiger charge is 2.19. The van der Waals surface area contributed by atoms with E-state index in [1.807, 2.05) is 13.8 Å². The molecule has 0 aliphatic rings. The lowest BCUT2D eigenvalue weighted by Gasteiger charge is -2.22. The lowest BCUT2D eigenvalue weighted by Crippen LogP contribution is -2.24. The minimum absolute atomic E-state index is 0.702. The van der Waals surface area contributed by atoms with Crippen molar-refractivity contribution < 1.29 is 5.11 Å². The molecule has 0 fully saturated rings. The smallest absolute Gasteiger partial charge is 0.0826 e. The largest absolute Gasteiger partial charge is 0.386 e. The van der Waals surface area contributed by atoms with Crippen LogP contribution in [0.5, 0.6) is 0 Å². The van der Waals surface area contributed by atoms with Crippen LogP contribution in [0.1, 0.15) is 40.5 Å². The molecule has 70 valence electrons. The van der Waals surface area contributed by atoms with Crippen LogP contribution >= 0.6 is 0 Å². The zero-order valence-corrected chi connectivity index (χ0v) is 8.65. The second kappa shape index (κ2) is 4.46. The molecule has 0 aromatic carbocycles. The molecule has 0 spiro atoms. The molecule has 0 aliphatic heterocycles. The summed E-state index contributed by atoms with van der Waals surface area (Å²) in [5.41, 5.74) is 1.43. The van der Waals surface area contributed by atoms with E-state index in [0.717, 1.165) is 18.4 Å². The van der Waals surface area contributed by atoms with Crippen molar-refractivity contribution in [3.8, 4) is 0 Å². The third-order valence-corrected chi connectivity index (χ3v) is 2.10. The van der Waals surface area contributed by atoms with E-state index in [1.54, 1.807) is 0 Å². The van der Waals surface area contributed by atoms with Crippen LogP contribution in [0.2, 0.25) is 0 Å². The first kappa shape index (κ1) is 11.4. The predicted octanol–water partition coefficient (Wildman–Crippen LogP) is 3.06. The van der Waals surface area contributed by atoms with Crippen molar-refractivity contribution >= 4 is 0 Å². The van der Waals surface area contributed by atoms with Crippen molar-refractivity contribution in [3.63, 3.8) is 0 Å². The van der Waals surface area contributed by atoms with Gasteiger partial charge in [-0.05, 0) is 46.1 Å². The second-order valence-electron chi connectivity index (χ2n) is 3.87. The van der Waals surface area contributed by atoms with Crippen LogP contribution in [0.3, 0.4) is 0 Å². The average molecular weight is 168 g/mol. The summed E-state index contributed by atoms with van der Waals surface area (Å²) in [7, 11) is 0. The standard InChI is InChI=1S/C11H20O/c1-9(2)7-6-8-11(5,12)10(3)4/h7,12H,3,6,8H2,1-2,4-5H3. The number of aliphatic hydroxyl groups is 1. The molecule has 0 rings (SSSR count). The summed E-state index contributed by atoms with van der Waals surface area (Å²) in [5.74, 6) is 0. The Bertz CT molecular complexity index is 183. The number of hydrogen-bond acceptors (Lipinski definition) is 1. The van der Waals surface area contributed by atoms with Gasteiger partial charge in [0.05, 0.1) is 5.60 Å². The van der Waals surface area contributed by atoms with Crippen molar-refractivity contribution in [1.29, 1.82) is 0 Å². The molecule has 1 atom stereocenters. The molecule has 0 bridgehead atoms. The zero-order chi connectivity index (χ0) is 9.78. The molecule has 0 radical (unpaired) electrons. The molecule has 0 saturated heterocycles. The first-order valence-electron chi connectivity index (χ1n) is 4.38. The monoisotopic (exact) mass is 168 g/mol. The van der Waals surface area contributed by atoms with Crippen molar-refractivity contribution in [2.24, 2.45) is 0 Å². The van der Waals surface area contributed by atoms with E-state index in [0.29, 0.717) is 0 Å². The molecular formula is C11H20O. The summed E-state index contributed by atoms with van der Waals surface area (Å²) in [5, 5.41) is 9.78. The van der Waals surface area contributed by atoms with E-state index < -0.39 is 5.60 Å². The maximum Gasteiger partial charge on any atom is 0.0826 e. The Morgan fingerprint density at radius 1 is 1.42 bits per heavy atom. The topological polar surface area (TPSA) is 20.2 Å². The molecule has 1 nitrogen and oxygen atoms in total. The minimum Gasteiger partial charge on any atom is -0.386 e. The highest BCUT2D eigenvalue weighted by Crippen LogP contribution is 2.20. The second-order valence-corrected chi connectivity index (χ2v) is 3.87. The summed E-state index contributed by atoms with van der Waals surface area (Å²) in [4.78, 5) is 0. The van der Waals surface area contributed by atoms with Crippen LogP contribution in [0.4, 0.5) is 0 Å². The fraction of sp³-hybridized carbons (Fsp3) is 0.636. The van der Waals surface area contributed by atoms with Crippen LogP contribution in [0.25, 0.3) is 0 Å². The molecule has 0 heterocycles. The first-order valence-corrected chi connectivity index (χ1v) is 4.38. The Hall–Kier alpha value is -0.560. The van der Waals surface area contributed by atoms with Gasteiger partial charge in [0.15, 0.2) is 0 Å². The molecule has 0 saturated carbocycles. The Labute approximate surface area is 75.8 Å². The molecule has 12 heavy (non-hydrogen) atoms. The van der Waals surface area contributed by atoms with Gasteiger partial charge in [-0.2, -0.15) is 0 Å². The summed E-state index contributed by atoms with van der Waals surface area (Å²) in [6.45, 7) is 11.6. The predicted molar refractivity (Wildman–Crippen MR) is 54.1 cm³/mol. The van der Waals surface area contributed by atoms with E-state index in [1.165, 1.54) is 5.57 Å². The van der Waals surface area contributed by atoms with Crippen molar-refractivity contribution in [1.82, 2.24) is 0 Å². The fourth-order valence-corrected chi connectivity index (χ4v) is 0.855. The molecular weight excluding hydrogens is 148 g/mol. The van der Waals surface area contributed by atoms with Crippen LogP contribution in [-0.4, -0.2) is 10.7 Å². The Morgan fingerprint density at radius 2 is 1.92 bits per heavy atom. The summed E-state index contributed by atoms with van der Waals surface area (Å²) < 4.78 is 0. The van der Waals surface area contributed by atoms with Gasteiger partial charge < -0.3 is 5.11 Å². The highest BCUT2D eigenvalue weighted by atomic mass is 16.3. The third-order valence-electron chi connectivity index (χ3n) is 2.10. The van der Waals surface area contributed by atoms with Crippen molar-refractivity contribution in [3.05, 3.63) is 23.8 Å². The number of hydrogen-bond donors (Lipinski definition) is 1. The number of rotatable bonds is 4. The molecule has 0 aromatic rings. The molecule has 0 aliphatic carbocycles. The van der Waals surface area contributed by atoms with Gasteiger partial charge in [0.1, 0.15) is 0 Å². The van der Waals surface area contributed by atoms with Gasteiger partial charge >= 0.3 is 0 Å². The lowest BCUT2D eigenvalue weighted by atomic mass is 9.93. The van der Waals surface area contributed by atoms with E-state index in [-0.39, 0.29) is 0 Å². The van der Waals surface area contributed by atoms with Gasteiger partial charge in [-0.25, -0.2) is 0 Å². The van der Waals surface area contributed by atoms with Crippen LogP contribution < -0.4 is 0 Å². The van der Waals surface area contributed by atoms with Crippen molar-refractivity contribution in [2.45, 2.75) is 46.1 Å². The van der Waals surface area contributed by atoms with E-state index in [4.69, 9.17) is 0 Å². The summed E-state index contributed by atoms with van der Waals surface area (Å²) >= 11 is 0. The molecule has 1 heteroatoms. The zero-order valence-electron chi connectivity index (χ0n) is 8.65. The Morgan fingerprint density at radius 3 is 2.25 bits per heavy atom. The SMILES string of the molecule is C=C(C)C(C)(O)CCC=C(C)C. The van der Waals surface area contributed by atoms with Gasteiger partial charge in [0.25, 0.3) is 0 Å². The molecule has 1 unspecified atom stereocenters. The van der Waals surface area contributed by atoms with E-state index in [9.17, 15) is 5.11 Å². The van der Waals surface area contributed by atoms with Gasteiger partial charge in [0.2, 0.25) is 0 Å². The van der Waals surface area contributed by atoms with Gasteiger partial charge in [0, 0.05) is 0 Å². The van der Waals surface area contributed by atoms with Gasteiger partial charge in [-0.3, -0.25) is 0 Å². The van der Waals surface area contributed by atoms with Gasteiger partial charge in [-0.1, -0.05) is 18.2 Å². The molecule has 0 amide bonds. The van der Waals surface area contributed by atoms with E-state index in [2.05, 4.69) is 26.5 Å². The maximum absolute atomic E-state index is 9.78.